The third-order valence-electron chi connectivity index (χ3n) is 3.95. The molecule has 0 bridgehead atoms. The van der Waals surface area contributed by atoms with Crippen LogP contribution in [0.2, 0.25) is 0 Å². The first kappa shape index (κ1) is 16.0. The summed E-state index contributed by atoms with van der Waals surface area (Å²) in [5.74, 6) is 0.595. The highest BCUT2D eigenvalue weighted by molar-refractivity contribution is 5.31. The molecular formula is C19H20N2O. The highest BCUT2D eigenvalue weighted by Crippen LogP contribution is 2.27. The molecule has 0 heterocycles. The van der Waals surface area contributed by atoms with Crippen LogP contribution in [0.25, 0.3) is 0 Å². The maximum atomic E-state index is 8.77. The van der Waals surface area contributed by atoms with Gasteiger partial charge in [0, 0.05) is 6.08 Å². The number of rotatable bonds is 5. The highest BCUT2D eigenvalue weighted by Gasteiger charge is 2.19. The summed E-state index contributed by atoms with van der Waals surface area (Å²) in [4.78, 5) is 0. The zero-order valence-corrected chi connectivity index (χ0v) is 12.6. The fraction of sp³-hybridized carbons (Fsp3) is 0.368. The average Bonchev–Trinajstić information content (AvgIpc) is 2.58. The zero-order chi connectivity index (χ0) is 15.6. The number of ether oxygens (including phenoxy) is 1. The first-order valence-corrected chi connectivity index (χ1v) is 7.65. The monoisotopic (exact) mass is 292 g/mol. The lowest BCUT2D eigenvalue weighted by molar-refractivity contribution is 0.0110. The first-order valence-electron chi connectivity index (χ1n) is 7.65. The van der Waals surface area contributed by atoms with E-state index in [1.165, 1.54) is 6.08 Å². The second-order valence-electron chi connectivity index (χ2n) is 5.53. The van der Waals surface area contributed by atoms with Gasteiger partial charge in [0.2, 0.25) is 0 Å². The second-order valence-corrected chi connectivity index (χ2v) is 5.53. The summed E-state index contributed by atoms with van der Waals surface area (Å²) < 4.78 is 5.97. The Balaban J connectivity index is 1.71. The van der Waals surface area contributed by atoms with Gasteiger partial charge in [-0.3, -0.25) is 0 Å². The van der Waals surface area contributed by atoms with Crippen molar-refractivity contribution >= 4 is 0 Å². The Hall–Kier alpha value is -2.36. The van der Waals surface area contributed by atoms with E-state index < -0.39 is 0 Å². The highest BCUT2D eigenvalue weighted by atomic mass is 16.5. The zero-order valence-electron chi connectivity index (χ0n) is 12.6. The molecular weight excluding hydrogens is 272 g/mol. The van der Waals surface area contributed by atoms with Crippen LogP contribution in [0.5, 0.6) is 0 Å². The van der Waals surface area contributed by atoms with Crippen molar-refractivity contribution in [2.75, 3.05) is 0 Å². The molecule has 1 saturated carbocycles. The molecule has 0 N–H and O–H groups in total. The topological polar surface area (TPSA) is 56.8 Å². The molecule has 1 aliphatic carbocycles. The standard InChI is InChI=1S/C19H20N2O/c20-13-3-1-2-4-16-9-11-19(12-10-16)22-15-18-7-5-17(14-21)6-8-18/h1-8,16,19H,9-12,15H2/t16-,19-. The first-order chi connectivity index (χ1) is 10.8. The Bertz CT molecular complexity index is 594. The van der Waals surface area contributed by atoms with Gasteiger partial charge in [0.1, 0.15) is 0 Å². The normalized spacial score (nSPS) is 21.7. The molecule has 1 aromatic carbocycles. The molecule has 1 aliphatic rings. The summed E-state index contributed by atoms with van der Waals surface area (Å²) in [6.07, 6.45) is 12.2. The van der Waals surface area contributed by atoms with E-state index in [0.717, 1.165) is 31.2 Å². The Morgan fingerprint density at radius 3 is 2.41 bits per heavy atom. The number of allylic oxidation sites excluding steroid dienone is 4. The lowest BCUT2D eigenvalue weighted by Gasteiger charge is -2.26. The van der Waals surface area contributed by atoms with Gasteiger partial charge < -0.3 is 4.74 Å². The van der Waals surface area contributed by atoms with Crippen molar-refractivity contribution in [3.05, 3.63) is 59.7 Å². The van der Waals surface area contributed by atoms with Crippen LogP contribution in [0.4, 0.5) is 0 Å². The minimum absolute atomic E-state index is 0.329. The average molecular weight is 292 g/mol. The van der Waals surface area contributed by atoms with E-state index in [1.54, 1.807) is 6.08 Å². The number of nitriles is 2. The fourth-order valence-corrected chi connectivity index (χ4v) is 2.66. The predicted octanol–water partition coefficient (Wildman–Crippen LogP) is 4.27. The number of hydrogen-bond acceptors (Lipinski definition) is 3. The SMILES string of the molecule is N#CC=CC=C[C@H]1CC[C@H](OCc2ccc(C#N)cc2)CC1. The van der Waals surface area contributed by atoms with Gasteiger partial charge in [0.25, 0.3) is 0 Å². The summed E-state index contributed by atoms with van der Waals surface area (Å²) >= 11 is 0. The molecule has 0 unspecified atom stereocenters. The van der Waals surface area contributed by atoms with Crippen LogP contribution in [0, 0.1) is 28.6 Å². The van der Waals surface area contributed by atoms with E-state index in [4.69, 9.17) is 15.3 Å². The molecule has 0 aromatic heterocycles. The smallest absolute Gasteiger partial charge is 0.0991 e. The van der Waals surface area contributed by atoms with Crippen LogP contribution in [0.15, 0.2) is 48.6 Å². The van der Waals surface area contributed by atoms with Gasteiger partial charge in [-0.05, 0) is 49.3 Å². The lowest BCUT2D eigenvalue weighted by atomic mass is 9.87. The predicted molar refractivity (Wildman–Crippen MR) is 85.6 cm³/mol. The van der Waals surface area contributed by atoms with Crippen molar-refractivity contribution in [1.82, 2.24) is 0 Å². The van der Waals surface area contributed by atoms with Crippen LogP contribution >= 0.6 is 0 Å². The van der Waals surface area contributed by atoms with Crippen molar-refractivity contribution in [3.63, 3.8) is 0 Å². The minimum Gasteiger partial charge on any atom is -0.374 e. The number of nitrogens with zero attached hydrogens (tertiary/aromatic N) is 2. The van der Waals surface area contributed by atoms with Crippen molar-refractivity contribution in [3.8, 4) is 12.1 Å². The Kier molecular flexibility index (Phi) is 6.42. The molecule has 3 nitrogen and oxygen atoms in total. The minimum atomic E-state index is 0.329. The van der Waals surface area contributed by atoms with Gasteiger partial charge in [-0.1, -0.05) is 30.4 Å². The molecule has 0 atom stereocenters. The van der Waals surface area contributed by atoms with Crippen molar-refractivity contribution in [2.24, 2.45) is 5.92 Å². The quantitative estimate of drug-likeness (QED) is 0.601. The summed E-state index contributed by atoms with van der Waals surface area (Å²) in [5, 5.41) is 17.2. The van der Waals surface area contributed by atoms with Gasteiger partial charge in [-0.2, -0.15) is 10.5 Å². The van der Waals surface area contributed by atoms with Crippen molar-refractivity contribution in [1.29, 1.82) is 10.5 Å². The molecule has 1 aromatic rings. The van der Waals surface area contributed by atoms with E-state index in [9.17, 15) is 0 Å². The van der Waals surface area contributed by atoms with E-state index in [1.807, 2.05) is 36.4 Å². The molecule has 1 fully saturated rings. The second kappa shape index (κ2) is 8.82. The molecule has 0 amide bonds. The summed E-state index contributed by atoms with van der Waals surface area (Å²) in [6, 6.07) is 11.7. The van der Waals surface area contributed by atoms with Crippen LogP contribution in [0.1, 0.15) is 36.8 Å². The van der Waals surface area contributed by atoms with Crippen LogP contribution in [0.3, 0.4) is 0 Å². The Morgan fingerprint density at radius 1 is 1.05 bits per heavy atom. The van der Waals surface area contributed by atoms with E-state index in [-0.39, 0.29) is 0 Å². The van der Waals surface area contributed by atoms with Crippen LogP contribution in [-0.4, -0.2) is 6.10 Å². The third kappa shape index (κ3) is 5.20. The van der Waals surface area contributed by atoms with Crippen LogP contribution < -0.4 is 0 Å². The third-order valence-corrected chi connectivity index (χ3v) is 3.95. The summed E-state index contributed by atoms with van der Waals surface area (Å²) in [6.45, 7) is 0.613. The maximum Gasteiger partial charge on any atom is 0.0991 e. The molecule has 3 heteroatoms. The molecule has 22 heavy (non-hydrogen) atoms. The van der Waals surface area contributed by atoms with Gasteiger partial charge in [0.05, 0.1) is 30.4 Å². The summed E-state index contributed by atoms with van der Waals surface area (Å²) in [5.41, 5.74) is 1.80. The van der Waals surface area contributed by atoms with Gasteiger partial charge >= 0.3 is 0 Å². The molecule has 2 rings (SSSR count). The van der Waals surface area contributed by atoms with E-state index in [0.29, 0.717) is 24.2 Å². The molecule has 0 saturated heterocycles. The lowest BCUT2D eigenvalue weighted by Crippen LogP contribution is -2.20. The van der Waals surface area contributed by atoms with E-state index in [2.05, 4.69) is 12.1 Å². The number of benzene rings is 1. The van der Waals surface area contributed by atoms with Crippen molar-refractivity contribution < 1.29 is 4.74 Å². The molecule has 0 radical (unpaired) electrons. The Labute approximate surface area is 132 Å². The van der Waals surface area contributed by atoms with Crippen LogP contribution in [-0.2, 0) is 11.3 Å². The fourth-order valence-electron chi connectivity index (χ4n) is 2.66. The molecule has 0 spiro atoms. The van der Waals surface area contributed by atoms with Gasteiger partial charge in [-0.25, -0.2) is 0 Å². The largest absolute Gasteiger partial charge is 0.374 e. The van der Waals surface area contributed by atoms with Gasteiger partial charge in [0.15, 0.2) is 0 Å². The van der Waals surface area contributed by atoms with E-state index >= 15 is 0 Å². The maximum absolute atomic E-state index is 8.77. The molecule has 0 aliphatic heterocycles. The molecule has 112 valence electrons. The Morgan fingerprint density at radius 2 is 1.77 bits per heavy atom. The number of hydrogen-bond donors (Lipinski definition) is 0. The van der Waals surface area contributed by atoms with Crippen molar-refractivity contribution in [2.45, 2.75) is 38.4 Å². The summed E-state index contributed by atoms with van der Waals surface area (Å²) in [7, 11) is 0. The van der Waals surface area contributed by atoms with Gasteiger partial charge in [-0.15, -0.1) is 0 Å².